The second-order valence-electron chi connectivity index (χ2n) is 11.6. The summed E-state index contributed by atoms with van der Waals surface area (Å²) in [5.74, 6) is 0. The molecule has 0 aromatic heterocycles. The fraction of sp³-hybridized carbons (Fsp3) is 0.400. The highest BCUT2D eigenvalue weighted by molar-refractivity contribution is 8.01. The van der Waals surface area contributed by atoms with Gasteiger partial charge >= 0.3 is 0 Å². The first kappa shape index (κ1) is 31.3. The van der Waals surface area contributed by atoms with Crippen molar-refractivity contribution in [2.45, 2.75) is 105 Å². The van der Waals surface area contributed by atoms with Gasteiger partial charge in [0.15, 0.2) is 0 Å². The van der Waals surface area contributed by atoms with Crippen LogP contribution in [0.2, 0.25) is 0 Å². The number of benzene rings is 4. The third kappa shape index (κ3) is 7.04. The molecule has 0 amide bonds. The highest BCUT2D eigenvalue weighted by Crippen LogP contribution is 2.56. The Balaban J connectivity index is 2.20. The van der Waals surface area contributed by atoms with Gasteiger partial charge in [0.05, 0.1) is 0 Å². The van der Waals surface area contributed by atoms with Gasteiger partial charge in [-0.05, 0) is 116 Å². The van der Waals surface area contributed by atoms with Gasteiger partial charge in [0.2, 0.25) is 0 Å². The fourth-order valence-corrected chi connectivity index (χ4v) is 11.1. The molecule has 0 unspecified atom stereocenters. The van der Waals surface area contributed by atoms with E-state index in [0.717, 1.165) is 0 Å². The van der Waals surface area contributed by atoms with Gasteiger partial charge in [-0.3, -0.25) is 0 Å². The van der Waals surface area contributed by atoms with Crippen molar-refractivity contribution < 1.29 is 0 Å². The Labute approximate surface area is 252 Å². The molecular weight excluding hydrogens is 511 g/mol. The lowest BCUT2D eigenvalue weighted by Gasteiger charge is -2.32. The van der Waals surface area contributed by atoms with E-state index >= 15 is 0 Å². The minimum absolute atomic E-state index is 1.17. The molecule has 0 heterocycles. The van der Waals surface area contributed by atoms with Gasteiger partial charge < -0.3 is 0 Å². The third-order valence-corrected chi connectivity index (χ3v) is 13.0. The zero-order valence-corrected chi connectivity index (χ0v) is 27.1. The Hall–Kier alpha value is -2.69. The van der Waals surface area contributed by atoms with Crippen LogP contribution in [0.3, 0.4) is 0 Å². The Morgan fingerprint density at radius 1 is 0.415 bits per heavy atom. The first-order valence-electron chi connectivity index (χ1n) is 16.4. The maximum Gasteiger partial charge on any atom is 0.144 e. The second kappa shape index (κ2) is 16.1. The molecule has 0 fully saturated rings. The predicted molar refractivity (Wildman–Crippen MR) is 186 cm³/mol. The van der Waals surface area contributed by atoms with E-state index in [-0.39, 0.29) is 0 Å². The van der Waals surface area contributed by atoms with Crippen LogP contribution in [-0.4, -0.2) is 0 Å². The highest BCUT2D eigenvalue weighted by Gasteiger charge is 2.49. The van der Waals surface area contributed by atoms with E-state index in [9.17, 15) is 0 Å². The zero-order chi connectivity index (χ0) is 28.9. The summed E-state index contributed by atoms with van der Waals surface area (Å²) >= 11 is 0. The summed E-state index contributed by atoms with van der Waals surface area (Å²) in [6.07, 6.45) is 14.8. The van der Waals surface area contributed by atoms with Crippen LogP contribution >= 0.6 is 7.26 Å². The lowest BCUT2D eigenvalue weighted by molar-refractivity contribution is 0.721. The van der Waals surface area contributed by atoms with Gasteiger partial charge in [0.1, 0.15) is 28.5 Å². The van der Waals surface area contributed by atoms with Gasteiger partial charge in [-0.1, -0.05) is 108 Å². The van der Waals surface area contributed by atoms with Crippen molar-refractivity contribution in [3.63, 3.8) is 0 Å². The Morgan fingerprint density at radius 3 is 1.20 bits per heavy atom. The maximum atomic E-state index is 2.74. The standard InChI is InChI=1S/C40H52P/c1-5-9-22-33-32-40(39(31-12-8-4)38(30-11-7-3)37(33)29-10-6-2)41(34-23-16-13-17-24-34,35-25-18-14-19-26-35)36-27-20-15-21-28-36/h13-21,23-28,32H,5-12,22,29-31H2,1-4H3/q+1. The molecule has 4 aromatic carbocycles. The maximum absolute atomic E-state index is 2.74. The summed E-state index contributed by atoms with van der Waals surface area (Å²) in [4.78, 5) is 0. The average molecular weight is 564 g/mol. The molecule has 1 heteroatoms. The van der Waals surface area contributed by atoms with Crippen LogP contribution in [0.15, 0.2) is 97.1 Å². The lowest BCUT2D eigenvalue weighted by atomic mass is 9.86. The van der Waals surface area contributed by atoms with Crippen molar-refractivity contribution in [1.82, 2.24) is 0 Å². The summed E-state index contributed by atoms with van der Waals surface area (Å²) in [7, 11) is -2.15. The van der Waals surface area contributed by atoms with Crippen molar-refractivity contribution in [2.75, 3.05) is 0 Å². The molecule has 4 rings (SSSR count). The largest absolute Gasteiger partial charge is 0.144 e. The summed E-state index contributed by atoms with van der Waals surface area (Å²) < 4.78 is 0. The SMILES string of the molecule is CCCCc1cc([P+](c2ccccc2)(c2ccccc2)c2ccccc2)c(CCCC)c(CCCC)c1CCCC. The molecule has 0 saturated carbocycles. The molecule has 41 heavy (non-hydrogen) atoms. The number of unbranched alkanes of at least 4 members (excludes halogenated alkanes) is 4. The van der Waals surface area contributed by atoms with E-state index < -0.39 is 7.26 Å². The average Bonchev–Trinajstić information content (AvgIpc) is 3.03. The quantitative estimate of drug-likeness (QED) is 0.119. The first-order chi connectivity index (χ1) is 20.2. The Bertz CT molecular complexity index is 1210. The highest BCUT2D eigenvalue weighted by atomic mass is 31.2. The predicted octanol–water partition coefficient (Wildman–Crippen LogP) is 9.68. The Morgan fingerprint density at radius 2 is 0.780 bits per heavy atom. The first-order valence-corrected chi connectivity index (χ1v) is 18.2. The summed E-state index contributed by atoms with van der Waals surface area (Å²) in [6.45, 7) is 9.40. The molecule has 0 N–H and O–H groups in total. The smallest absolute Gasteiger partial charge is 0.0654 e. The summed E-state index contributed by atoms with van der Waals surface area (Å²) in [5.41, 5.74) is 6.73. The molecule has 0 spiro atoms. The van der Waals surface area contributed by atoms with Crippen molar-refractivity contribution in [3.05, 3.63) is 119 Å². The molecular formula is C40H52P+. The van der Waals surface area contributed by atoms with E-state index in [1.807, 2.05) is 0 Å². The molecule has 0 saturated heterocycles. The van der Waals surface area contributed by atoms with E-state index in [0.29, 0.717) is 0 Å². The molecule has 0 aliphatic heterocycles. The van der Waals surface area contributed by atoms with Crippen LogP contribution in [-0.2, 0) is 25.7 Å². The molecule has 0 radical (unpaired) electrons. The number of aryl methyl sites for hydroxylation is 1. The van der Waals surface area contributed by atoms with E-state index in [1.165, 1.54) is 93.0 Å². The van der Waals surface area contributed by atoms with Gasteiger partial charge in [0.25, 0.3) is 0 Å². The van der Waals surface area contributed by atoms with Gasteiger partial charge in [-0.15, -0.1) is 0 Å². The van der Waals surface area contributed by atoms with Crippen LogP contribution < -0.4 is 21.2 Å². The molecule has 216 valence electrons. The van der Waals surface area contributed by atoms with Crippen molar-refractivity contribution in [1.29, 1.82) is 0 Å². The van der Waals surface area contributed by atoms with E-state index in [2.05, 4.69) is 125 Å². The monoisotopic (exact) mass is 563 g/mol. The molecule has 0 aliphatic carbocycles. The second-order valence-corrected chi connectivity index (χ2v) is 15.0. The normalized spacial score (nSPS) is 11.6. The molecule has 0 nitrogen and oxygen atoms in total. The van der Waals surface area contributed by atoms with Crippen LogP contribution in [0, 0.1) is 0 Å². The van der Waals surface area contributed by atoms with Crippen LogP contribution in [0.4, 0.5) is 0 Å². The zero-order valence-electron chi connectivity index (χ0n) is 26.2. The summed E-state index contributed by atoms with van der Waals surface area (Å²) in [5, 5.41) is 6.05. The third-order valence-electron chi connectivity index (χ3n) is 8.67. The lowest BCUT2D eigenvalue weighted by Crippen LogP contribution is -2.41. The van der Waals surface area contributed by atoms with Crippen molar-refractivity contribution in [3.8, 4) is 0 Å². The summed E-state index contributed by atoms with van der Waals surface area (Å²) in [6, 6.07) is 37.3. The molecule has 0 aliphatic rings. The van der Waals surface area contributed by atoms with Gasteiger partial charge in [0, 0.05) is 0 Å². The van der Waals surface area contributed by atoms with Crippen LogP contribution in [0.25, 0.3) is 0 Å². The van der Waals surface area contributed by atoms with Gasteiger partial charge in [-0.2, -0.15) is 0 Å². The molecule has 0 bridgehead atoms. The number of hydrogen-bond acceptors (Lipinski definition) is 0. The minimum atomic E-state index is -2.15. The topological polar surface area (TPSA) is 0 Å². The number of rotatable bonds is 16. The van der Waals surface area contributed by atoms with Crippen LogP contribution in [0.1, 0.15) is 101 Å². The van der Waals surface area contributed by atoms with Crippen LogP contribution in [0.5, 0.6) is 0 Å². The van der Waals surface area contributed by atoms with Crippen molar-refractivity contribution in [2.24, 2.45) is 0 Å². The minimum Gasteiger partial charge on any atom is -0.0654 e. The van der Waals surface area contributed by atoms with E-state index in [1.54, 1.807) is 27.6 Å². The fourth-order valence-electron chi connectivity index (χ4n) is 6.53. The Kier molecular flexibility index (Phi) is 12.3. The molecule has 0 atom stereocenters. The number of hydrogen-bond donors (Lipinski definition) is 0. The van der Waals surface area contributed by atoms with E-state index in [4.69, 9.17) is 0 Å². The van der Waals surface area contributed by atoms with Gasteiger partial charge in [-0.25, -0.2) is 0 Å². The molecule has 4 aromatic rings. The van der Waals surface area contributed by atoms with Crippen molar-refractivity contribution >= 4 is 28.5 Å².